The van der Waals surface area contributed by atoms with Crippen molar-refractivity contribution in [3.05, 3.63) is 29.3 Å². The first kappa shape index (κ1) is 12.1. The molecule has 2 nitrogen and oxygen atoms in total. The first-order valence-corrected chi connectivity index (χ1v) is 5.51. The molecule has 0 fully saturated rings. The van der Waals surface area contributed by atoms with Crippen molar-refractivity contribution >= 4 is 0 Å². The van der Waals surface area contributed by atoms with Gasteiger partial charge in [0.15, 0.2) is 0 Å². The Morgan fingerprint density at radius 3 is 2.40 bits per heavy atom. The number of benzene rings is 1. The highest BCUT2D eigenvalue weighted by atomic mass is 16.5. The molecule has 1 N–H and O–H groups in total. The molecule has 0 aliphatic rings. The summed E-state index contributed by atoms with van der Waals surface area (Å²) in [6, 6.07) is 6.75. The number of hydrogen-bond acceptors (Lipinski definition) is 2. The van der Waals surface area contributed by atoms with Crippen molar-refractivity contribution in [3.63, 3.8) is 0 Å². The van der Waals surface area contributed by atoms with E-state index in [4.69, 9.17) is 4.74 Å². The molecule has 0 aliphatic carbocycles. The molecule has 0 radical (unpaired) electrons. The minimum Gasteiger partial charge on any atom is -0.493 e. The summed E-state index contributed by atoms with van der Waals surface area (Å²) in [4.78, 5) is 0. The van der Waals surface area contributed by atoms with Crippen LogP contribution >= 0.6 is 0 Å². The number of nitrogens with one attached hydrogen (secondary N) is 1. The van der Waals surface area contributed by atoms with Crippen LogP contribution in [0.1, 0.15) is 24.5 Å². The van der Waals surface area contributed by atoms with Gasteiger partial charge in [-0.2, -0.15) is 0 Å². The molecule has 0 heterocycles. The third-order valence-electron chi connectivity index (χ3n) is 2.70. The summed E-state index contributed by atoms with van der Waals surface area (Å²) in [5.74, 6) is 1.04. The van der Waals surface area contributed by atoms with Crippen LogP contribution in [0, 0.1) is 13.8 Å². The normalized spacial score (nSPS) is 12.5. The van der Waals surface area contributed by atoms with E-state index in [2.05, 4.69) is 44.3 Å². The lowest BCUT2D eigenvalue weighted by molar-refractivity contribution is 0.290. The van der Waals surface area contributed by atoms with Crippen LogP contribution in [0.4, 0.5) is 0 Å². The summed E-state index contributed by atoms with van der Waals surface area (Å²) in [6.07, 6.45) is 1.03. The summed E-state index contributed by atoms with van der Waals surface area (Å²) in [6.45, 7) is 7.11. The molecular weight excluding hydrogens is 186 g/mol. The van der Waals surface area contributed by atoms with Gasteiger partial charge >= 0.3 is 0 Å². The van der Waals surface area contributed by atoms with Crippen molar-refractivity contribution in [1.82, 2.24) is 5.32 Å². The fraction of sp³-hybridized carbons (Fsp3) is 0.538. The van der Waals surface area contributed by atoms with E-state index in [-0.39, 0.29) is 0 Å². The maximum atomic E-state index is 5.80. The van der Waals surface area contributed by atoms with Crippen molar-refractivity contribution in [2.45, 2.75) is 33.2 Å². The molecule has 1 atom stereocenters. The van der Waals surface area contributed by atoms with Gasteiger partial charge in [0.1, 0.15) is 5.75 Å². The van der Waals surface area contributed by atoms with E-state index in [0.717, 1.165) is 18.8 Å². The number of para-hydroxylation sites is 1. The van der Waals surface area contributed by atoms with Gasteiger partial charge in [0.05, 0.1) is 6.61 Å². The first-order valence-electron chi connectivity index (χ1n) is 5.51. The second kappa shape index (κ2) is 5.76. The Bertz CT molecular complexity index is 289. The topological polar surface area (TPSA) is 21.3 Å². The van der Waals surface area contributed by atoms with E-state index in [9.17, 15) is 0 Å². The zero-order valence-corrected chi connectivity index (χ0v) is 10.1. The van der Waals surface area contributed by atoms with Gasteiger partial charge in [-0.3, -0.25) is 0 Å². The summed E-state index contributed by atoms with van der Waals surface area (Å²) < 4.78 is 5.80. The molecule has 0 aromatic heterocycles. The molecule has 1 rings (SSSR count). The van der Waals surface area contributed by atoms with Gasteiger partial charge in [-0.15, -0.1) is 0 Å². The van der Waals surface area contributed by atoms with Gasteiger partial charge in [0, 0.05) is 6.04 Å². The van der Waals surface area contributed by atoms with Gasteiger partial charge < -0.3 is 10.1 Å². The van der Waals surface area contributed by atoms with Crippen LogP contribution in [0.25, 0.3) is 0 Å². The Kier molecular flexibility index (Phi) is 4.63. The highest BCUT2D eigenvalue weighted by Gasteiger charge is 2.04. The molecule has 15 heavy (non-hydrogen) atoms. The first-order chi connectivity index (χ1) is 7.15. The standard InChI is InChI=1S/C13H21NO/c1-10-6-5-7-11(2)13(10)15-9-8-12(3)14-4/h5-7,12,14H,8-9H2,1-4H3. The van der Waals surface area contributed by atoms with Crippen LogP contribution in [0.5, 0.6) is 5.75 Å². The molecule has 0 bridgehead atoms. The van der Waals surface area contributed by atoms with Crippen molar-refractivity contribution in [3.8, 4) is 5.75 Å². The molecule has 2 heteroatoms. The lowest BCUT2D eigenvalue weighted by Gasteiger charge is -2.14. The average Bonchev–Trinajstić information content (AvgIpc) is 2.22. The van der Waals surface area contributed by atoms with Gasteiger partial charge in [-0.25, -0.2) is 0 Å². The Morgan fingerprint density at radius 2 is 1.87 bits per heavy atom. The van der Waals surface area contributed by atoms with E-state index in [0.29, 0.717) is 6.04 Å². The molecule has 0 saturated carbocycles. The lowest BCUT2D eigenvalue weighted by atomic mass is 10.1. The summed E-state index contributed by atoms with van der Waals surface area (Å²) in [5.41, 5.74) is 2.43. The molecule has 0 aliphatic heterocycles. The maximum Gasteiger partial charge on any atom is 0.125 e. The lowest BCUT2D eigenvalue weighted by Crippen LogP contribution is -2.23. The van der Waals surface area contributed by atoms with Crippen molar-refractivity contribution in [1.29, 1.82) is 0 Å². The quantitative estimate of drug-likeness (QED) is 0.801. The van der Waals surface area contributed by atoms with E-state index in [1.165, 1.54) is 11.1 Å². The molecule has 0 amide bonds. The second-order valence-electron chi connectivity index (χ2n) is 4.05. The van der Waals surface area contributed by atoms with E-state index >= 15 is 0 Å². The van der Waals surface area contributed by atoms with Crippen molar-refractivity contribution in [2.75, 3.05) is 13.7 Å². The third kappa shape index (κ3) is 3.56. The third-order valence-corrected chi connectivity index (χ3v) is 2.70. The number of ether oxygens (including phenoxy) is 1. The van der Waals surface area contributed by atoms with Crippen LogP contribution in [0.15, 0.2) is 18.2 Å². The second-order valence-corrected chi connectivity index (χ2v) is 4.05. The van der Waals surface area contributed by atoms with Gasteiger partial charge in [-0.1, -0.05) is 18.2 Å². The average molecular weight is 207 g/mol. The van der Waals surface area contributed by atoms with Crippen molar-refractivity contribution in [2.24, 2.45) is 0 Å². The van der Waals surface area contributed by atoms with E-state index < -0.39 is 0 Å². The van der Waals surface area contributed by atoms with Crippen LogP contribution in [0.3, 0.4) is 0 Å². The predicted molar refractivity (Wildman–Crippen MR) is 64.5 cm³/mol. The van der Waals surface area contributed by atoms with Gasteiger partial charge in [0.25, 0.3) is 0 Å². The van der Waals surface area contributed by atoms with E-state index in [1.807, 2.05) is 7.05 Å². The van der Waals surface area contributed by atoms with Crippen molar-refractivity contribution < 1.29 is 4.74 Å². The fourth-order valence-corrected chi connectivity index (χ4v) is 1.51. The Balaban J connectivity index is 2.50. The highest BCUT2D eigenvalue weighted by molar-refractivity contribution is 5.39. The van der Waals surface area contributed by atoms with Gasteiger partial charge in [-0.05, 0) is 45.4 Å². The predicted octanol–water partition coefficient (Wildman–Crippen LogP) is 2.68. The highest BCUT2D eigenvalue weighted by Crippen LogP contribution is 2.22. The van der Waals surface area contributed by atoms with Crippen LogP contribution in [0.2, 0.25) is 0 Å². The van der Waals surface area contributed by atoms with E-state index in [1.54, 1.807) is 0 Å². The molecule has 1 aromatic carbocycles. The Labute approximate surface area is 92.6 Å². The minimum atomic E-state index is 0.509. The number of aryl methyl sites for hydroxylation is 2. The monoisotopic (exact) mass is 207 g/mol. The molecule has 84 valence electrons. The van der Waals surface area contributed by atoms with Gasteiger partial charge in [0.2, 0.25) is 0 Å². The van der Waals surface area contributed by atoms with Crippen LogP contribution in [-0.2, 0) is 0 Å². The largest absolute Gasteiger partial charge is 0.493 e. The molecule has 0 spiro atoms. The molecule has 0 saturated heterocycles. The molecule has 1 aromatic rings. The smallest absolute Gasteiger partial charge is 0.125 e. The number of hydrogen-bond donors (Lipinski definition) is 1. The Morgan fingerprint density at radius 1 is 1.27 bits per heavy atom. The Hall–Kier alpha value is -1.02. The summed E-state index contributed by atoms with van der Waals surface area (Å²) in [7, 11) is 1.98. The fourth-order valence-electron chi connectivity index (χ4n) is 1.51. The van der Waals surface area contributed by atoms with Crippen LogP contribution in [-0.4, -0.2) is 19.7 Å². The summed E-state index contributed by atoms with van der Waals surface area (Å²) in [5, 5.41) is 3.20. The maximum absolute atomic E-state index is 5.80. The molecule has 1 unspecified atom stereocenters. The zero-order valence-electron chi connectivity index (χ0n) is 10.1. The summed E-state index contributed by atoms with van der Waals surface area (Å²) >= 11 is 0. The zero-order chi connectivity index (χ0) is 11.3. The number of rotatable bonds is 5. The molecular formula is C13H21NO. The SMILES string of the molecule is CNC(C)CCOc1c(C)cccc1C. The van der Waals surface area contributed by atoms with Crippen LogP contribution < -0.4 is 10.1 Å². The minimum absolute atomic E-state index is 0.509.